The van der Waals surface area contributed by atoms with E-state index in [0.29, 0.717) is 6.10 Å². The van der Waals surface area contributed by atoms with Crippen molar-refractivity contribution in [3.05, 3.63) is 29.3 Å². The van der Waals surface area contributed by atoms with Crippen LogP contribution in [-0.2, 0) is 11.3 Å². The molecular formula is C15H24N2O2. The molecule has 0 aromatic heterocycles. The van der Waals surface area contributed by atoms with Crippen LogP contribution in [0, 0.1) is 6.92 Å². The van der Waals surface area contributed by atoms with Crippen molar-refractivity contribution >= 4 is 0 Å². The summed E-state index contributed by atoms with van der Waals surface area (Å²) in [7, 11) is 3.85. The zero-order valence-corrected chi connectivity index (χ0v) is 12.1. The van der Waals surface area contributed by atoms with Crippen molar-refractivity contribution in [3.63, 3.8) is 0 Å². The van der Waals surface area contributed by atoms with E-state index in [2.05, 4.69) is 36.3 Å². The van der Waals surface area contributed by atoms with Crippen LogP contribution in [0.2, 0.25) is 0 Å². The first kappa shape index (κ1) is 14.3. The first-order valence-corrected chi connectivity index (χ1v) is 6.83. The summed E-state index contributed by atoms with van der Waals surface area (Å²) in [5.74, 6) is 0.945. The number of methoxy groups -OCH3 is 1. The third-order valence-electron chi connectivity index (χ3n) is 3.50. The van der Waals surface area contributed by atoms with Gasteiger partial charge in [0.15, 0.2) is 0 Å². The fraction of sp³-hybridized carbons (Fsp3) is 0.600. The number of morpholine rings is 1. The van der Waals surface area contributed by atoms with Crippen LogP contribution in [-0.4, -0.2) is 51.4 Å². The number of likely N-dealkylation sites (N-methyl/N-ethyl adjacent to an activating group) is 1. The predicted octanol–water partition coefficient (Wildman–Crippen LogP) is 1.42. The minimum Gasteiger partial charge on any atom is -0.496 e. The number of ether oxygens (including phenoxy) is 2. The van der Waals surface area contributed by atoms with Crippen LogP contribution in [0.15, 0.2) is 18.2 Å². The van der Waals surface area contributed by atoms with Gasteiger partial charge in [0.2, 0.25) is 0 Å². The zero-order chi connectivity index (χ0) is 13.7. The van der Waals surface area contributed by atoms with Gasteiger partial charge < -0.3 is 19.7 Å². The molecule has 1 fully saturated rings. The summed E-state index contributed by atoms with van der Waals surface area (Å²) in [5, 5.41) is 3.46. The largest absolute Gasteiger partial charge is 0.496 e. The van der Waals surface area contributed by atoms with Gasteiger partial charge in [0, 0.05) is 26.2 Å². The molecule has 4 nitrogen and oxygen atoms in total. The molecule has 1 N–H and O–H groups in total. The number of hydrogen-bond donors (Lipinski definition) is 1. The van der Waals surface area contributed by atoms with Crippen LogP contribution in [0.3, 0.4) is 0 Å². The SMILES string of the molecule is COc1ccc(CNC[C@H]2CN(C)CCO2)cc1C. The molecule has 1 saturated heterocycles. The van der Waals surface area contributed by atoms with Gasteiger partial charge in [-0.15, -0.1) is 0 Å². The first-order chi connectivity index (χ1) is 9.19. The third-order valence-corrected chi connectivity index (χ3v) is 3.50. The maximum atomic E-state index is 5.72. The molecule has 106 valence electrons. The third kappa shape index (κ3) is 4.20. The highest BCUT2D eigenvalue weighted by Gasteiger charge is 2.16. The molecule has 0 bridgehead atoms. The summed E-state index contributed by atoms with van der Waals surface area (Å²) in [4.78, 5) is 2.31. The maximum absolute atomic E-state index is 5.72. The number of rotatable bonds is 5. The molecule has 0 spiro atoms. The molecule has 1 aromatic rings. The van der Waals surface area contributed by atoms with Crippen molar-refractivity contribution in [2.75, 3.05) is 40.4 Å². The lowest BCUT2D eigenvalue weighted by molar-refractivity contribution is -0.0182. The molecule has 19 heavy (non-hydrogen) atoms. The molecule has 1 heterocycles. The van der Waals surface area contributed by atoms with Gasteiger partial charge in [0.25, 0.3) is 0 Å². The van der Waals surface area contributed by atoms with E-state index in [0.717, 1.165) is 38.5 Å². The Labute approximate surface area is 115 Å². The van der Waals surface area contributed by atoms with Crippen molar-refractivity contribution < 1.29 is 9.47 Å². The Morgan fingerprint density at radius 3 is 3.00 bits per heavy atom. The van der Waals surface area contributed by atoms with Crippen molar-refractivity contribution in [1.82, 2.24) is 10.2 Å². The summed E-state index contributed by atoms with van der Waals surface area (Å²) < 4.78 is 11.0. The summed E-state index contributed by atoms with van der Waals surface area (Å²) in [6.07, 6.45) is 0.304. The van der Waals surface area contributed by atoms with E-state index < -0.39 is 0 Å². The van der Waals surface area contributed by atoms with Gasteiger partial charge >= 0.3 is 0 Å². The molecule has 4 heteroatoms. The van der Waals surface area contributed by atoms with E-state index in [-0.39, 0.29) is 0 Å². The second-order valence-electron chi connectivity index (χ2n) is 5.19. The minimum atomic E-state index is 0.304. The van der Waals surface area contributed by atoms with Gasteiger partial charge in [0.05, 0.1) is 19.8 Å². The predicted molar refractivity (Wildman–Crippen MR) is 76.7 cm³/mol. The van der Waals surface area contributed by atoms with Crippen LogP contribution in [0.4, 0.5) is 0 Å². The molecule has 0 radical (unpaired) electrons. The Morgan fingerprint density at radius 2 is 2.32 bits per heavy atom. The maximum Gasteiger partial charge on any atom is 0.121 e. The fourth-order valence-corrected chi connectivity index (χ4v) is 2.42. The minimum absolute atomic E-state index is 0.304. The van der Waals surface area contributed by atoms with E-state index >= 15 is 0 Å². The molecule has 0 amide bonds. The first-order valence-electron chi connectivity index (χ1n) is 6.83. The molecular weight excluding hydrogens is 240 g/mol. The van der Waals surface area contributed by atoms with E-state index in [1.54, 1.807) is 7.11 Å². The van der Waals surface area contributed by atoms with Gasteiger partial charge in [-0.2, -0.15) is 0 Å². The number of nitrogens with one attached hydrogen (secondary N) is 1. The molecule has 0 saturated carbocycles. The Bertz CT molecular complexity index is 409. The molecule has 2 rings (SSSR count). The Morgan fingerprint density at radius 1 is 1.47 bits per heavy atom. The monoisotopic (exact) mass is 264 g/mol. The quantitative estimate of drug-likeness (QED) is 0.872. The fourth-order valence-electron chi connectivity index (χ4n) is 2.42. The van der Waals surface area contributed by atoms with Crippen molar-refractivity contribution in [2.24, 2.45) is 0 Å². The molecule has 0 unspecified atom stereocenters. The second-order valence-corrected chi connectivity index (χ2v) is 5.19. The number of hydrogen-bond acceptors (Lipinski definition) is 4. The van der Waals surface area contributed by atoms with Crippen molar-refractivity contribution in [1.29, 1.82) is 0 Å². The topological polar surface area (TPSA) is 33.7 Å². The molecule has 1 aliphatic heterocycles. The number of aryl methyl sites for hydroxylation is 1. The van der Waals surface area contributed by atoms with Crippen LogP contribution < -0.4 is 10.1 Å². The second kappa shape index (κ2) is 6.89. The van der Waals surface area contributed by atoms with Gasteiger partial charge in [-0.3, -0.25) is 0 Å². The molecule has 1 aromatic carbocycles. The van der Waals surface area contributed by atoms with Gasteiger partial charge in [-0.25, -0.2) is 0 Å². The van der Waals surface area contributed by atoms with Crippen LogP contribution >= 0.6 is 0 Å². The molecule has 1 atom stereocenters. The number of nitrogens with zero attached hydrogens (tertiary/aromatic N) is 1. The normalized spacial score (nSPS) is 20.5. The smallest absolute Gasteiger partial charge is 0.121 e. The highest BCUT2D eigenvalue weighted by molar-refractivity contribution is 5.36. The average Bonchev–Trinajstić information content (AvgIpc) is 2.39. The lowest BCUT2D eigenvalue weighted by atomic mass is 10.1. The van der Waals surface area contributed by atoms with E-state index in [1.165, 1.54) is 11.1 Å². The van der Waals surface area contributed by atoms with Crippen molar-refractivity contribution in [3.8, 4) is 5.75 Å². The average molecular weight is 264 g/mol. The van der Waals surface area contributed by atoms with E-state index in [4.69, 9.17) is 9.47 Å². The molecule has 1 aliphatic rings. The summed E-state index contributed by atoms with van der Waals surface area (Å²) in [6, 6.07) is 6.30. The molecule has 0 aliphatic carbocycles. The lowest BCUT2D eigenvalue weighted by Gasteiger charge is -2.30. The Kier molecular flexibility index (Phi) is 5.19. The van der Waals surface area contributed by atoms with E-state index in [1.807, 2.05) is 6.07 Å². The number of benzene rings is 1. The zero-order valence-electron chi connectivity index (χ0n) is 12.1. The van der Waals surface area contributed by atoms with Crippen molar-refractivity contribution in [2.45, 2.75) is 19.6 Å². The van der Waals surface area contributed by atoms with Gasteiger partial charge in [-0.1, -0.05) is 12.1 Å². The summed E-state index contributed by atoms with van der Waals surface area (Å²) in [5.41, 5.74) is 2.46. The van der Waals surface area contributed by atoms with Crippen LogP contribution in [0.25, 0.3) is 0 Å². The highest BCUT2D eigenvalue weighted by Crippen LogP contribution is 2.18. The van der Waals surface area contributed by atoms with Gasteiger partial charge in [0.1, 0.15) is 5.75 Å². The van der Waals surface area contributed by atoms with E-state index in [9.17, 15) is 0 Å². The Hall–Kier alpha value is -1.10. The van der Waals surface area contributed by atoms with Crippen LogP contribution in [0.1, 0.15) is 11.1 Å². The van der Waals surface area contributed by atoms with Gasteiger partial charge in [-0.05, 0) is 31.2 Å². The summed E-state index contributed by atoms with van der Waals surface area (Å²) >= 11 is 0. The highest BCUT2D eigenvalue weighted by atomic mass is 16.5. The standard InChI is InChI=1S/C15H24N2O2/c1-12-8-13(4-5-15(12)18-3)9-16-10-14-11-17(2)6-7-19-14/h4-5,8,14,16H,6-7,9-11H2,1-3H3/t14-/m0/s1. The lowest BCUT2D eigenvalue weighted by Crippen LogP contribution is -2.44. The summed E-state index contributed by atoms with van der Waals surface area (Å²) in [6.45, 7) is 6.72. The van der Waals surface area contributed by atoms with Crippen LogP contribution in [0.5, 0.6) is 5.75 Å². The Balaban J connectivity index is 1.77.